The minimum absolute atomic E-state index is 0.000764. The van der Waals surface area contributed by atoms with Gasteiger partial charge in [0.05, 0.1) is 25.7 Å². The van der Waals surface area contributed by atoms with Crippen LogP contribution in [0.5, 0.6) is 11.5 Å². The molecule has 2 amide bonds. The van der Waals surface area contributed by atoms with Crippen molar-refractivity contribution in [1.82, 2.24) is 14.5 Å². The molecule has 0 unspecified atom stereocenters. The molecule has 0 aromatic heterocycles. The van der Waals surface area contributed by atoms with Crippen molar-refractivity contribution < 1.29 is 27.5 Å². The molecular weight excluding hydrogens is 446 g/mol. The quantitative estimate of drug-likeness (QED) is 0.625. The lowest BCUT2D eigenvalue weighted by molar-refractivity contribution is -0.122. The van der Waals surface area contributed by atoms with E-state index in [1.165, 1.54) is 12.1 Å². The Bertz CT molecular complexity index is 1160. The zero-order valence-corrected chi connectivity index (χ0v) is 19.4. The Morgan fingerprint density at radius 2 is 1.94 bits per heavy atom. The summed E-state index contributed by atoms with van der Waals surface area (Å²) in [4.78, 5) is 26.9. The lowest BCUT2D eigenvalue weighted by Crippen LogP contribution is -2.49. The standard InChI is InChI=1S/C23H27N3O6S/c1-31-19-9-6-17(21(13-19)32-2)14-26(18-7-8-18)23(28)16-4-3-5-20(12-16)33(29,30)25-11-10-24-22(27)15-25/h3-6,9,12-13,18H,7-8,10-11,14-15H2,1-2H3,(H,24,27). The van der Waals surface area contributed by atoms with Gasteiger partial charge in [-0.15, -0.1) is 0 Å². The molecule has 1 N–H and O–H groups in total. The van der Waals surface area contributed by atoms with Gasteiger partial charge in [0, 0.05) is 42.9 Å². The second kappa shape index (κ2) is 9.40. The molecule has 2 aromatic rings. The van der Waals surface area contributed by atoms with Crippen molar-refractivity contribution in [2.75, 3.05) is 33.9 Å². The van der Waals surface area contributed by atoms with E-state index in [0.29, 0.717) is 18.0 Å². The number of hydrogen-bond acceptors (Lipinski definition) is 6. The number of amides is 2. The van der Waals surface area contributed by atoms with Crippen molar-refractivity contribution in [3.8, 4) is 11.5 Å². The number of rotatable bonds is 8. The molecule has 1 aliphatic carbocycles. The Balaban J connectivity index is 1.59. The highest BCUT2D eigenvalue weighted by Crippen LogP contribution is 2.33. The molecule has 10 heteroatoms. The third kappa shape index (κ3) is 4.96. The van der Waals surface area contributed by atoms with E-state index in [1.54, 1.807) is 37.3 Å². The summed E-state index contributed by atoms with van der Waals surface area (Å²) in [5.74, 6) is 0.686. The van der Waals surface area contributed by atoms with Gasteiger partial charge in [-0.3, -0.25) is 9.59 Å². The zero-order chi connectivity index (χ0) is 23.6. The molecule has 9 nitrogen and oxygen atoms in total. The number of carbonyl (C=O) groups is 2. The molecule has 0 spiro atoms. The van der Waals surface area contributed by atoms with Crippen LogP contribution in [0.3, 0.4) is 0 Å². The van der Waals surface area contributed by atoms with Gasteiger partial charge in [-0.1, -0.05) is 6.07 Å². The Morgan fingerprint density at radius 3 is 2.61 bits per heavy atom. The van der Waals surface area contributed by atoms with Crippen molar-refractivity contribution in [1.29, 1.82) is 0 Å². The molecular formula is C23H27N3O6S. The maximum Gasteiger partial charge on any atom is 0.254 e. The largest absolute Gasteiger partial charge is 0.497 e. The predicted octanol–water partition coefficient (Wildman–Crippen LogP) is 1.63. The van der Waals surface area contributed by atoms with Gasteiger partial charge in [0.1, 0.15) is 11.5 Å². The molecule has 1 saturated heterocycles. The number of nitrogens with zero attached hydrogens (tertiary/aromatic N) is 2. The van der Waals surface area contributed by atoms with Crippen LogP contribution in [0.1, 0.15) is 28.8 Å². The molecule has 0 atom stereocenters. The van der Waals surface area contributed by atoms with E-state index in [1.807, 2.05) is 12.1 Å². The highest BCUT2D eigenvalue weighted by atomic mass is 32.2. The van der Waals surface area contributed by atoms with Crippen LogP contribution in [-0.2, 0) is 21.4 Å². The van der Waals surface area contributed by atoms with Gasteiger partial charge >= 0.3 is 0 Å². The summed E-state index contributed by atoms with van der Waals surface area (Å²) in [7, 11) is -0.749. The van der Waals surface area contributed by atoms with Crippen molar-refractivity contribution in [3.05, 3.63) is 53.6 Å². The van der Waals surface area contributed by atoms with Gasteiger partial charge < -0.3 is 19.7 Å². The number of nitrogens with one attached hydrogen (secondary N) is 1. The summed E-state index contributed by atoms with van der Waals surface area (Å²) >= 11 is 0. The summed E-state index contributed by atoms with van der Waals surface area (Å²) in [6, 6.07) is 11.6. The molecule has 2 aliphatic rings. The molecule has 1 heterocycles. The first-order valence-electron chi connectivity index (χ1n) is 10.7. The minimum atomic E-state index is -3.89. The van der Waals surface area contributed by atoms with E-state index >= 15 is 0 Å². The summed E-state index contributed by atoms with van der Waals surface area (Å²) in [5.41, 5.74) is 1.12. The number of hydrogen-bond donors (Lipinski definition) is 1. The predicted molar refractivity (Wildman–Crippen MR) is 121 cm³/mol. The fraction of sp³-hybridized carbons (Fsp3) is 0.391. The Labute approximate surface area is 193 Å². The fourth-order valence-corrected chi connectivity index (χ4v) is 5.29. The van der Waals surface area contributed by atoms with Crippen LogP contribution in [-0.4, -0.2) is 69.3 Å². The number of methoxy groups -OCH3 is 2. The molecule has 2 fully saturated rings. The number of carbonyl (C=O) groups excluding carboxylic acids is 2. The summed E-state index contributed by atoms with van der Waals surface area (Å²) in [5, 5.41) is 2.62. The Morgan fingerprint density at radius 1 is 1.15 bits per heavy atom. The SMILES string of the molecule is COc1ccc(CN(C(=O)c2cccc(S(=O)(=O)N3CCNC(=O)C3)c2)C2CC2)c(OC)c1. The number of ether oxygens (including phenoxy) is 2. The van der Waals surface area contributed by atoms with Crippen LogP contribution in [0.25, 0.3) is 0 Å². The molecule has 1 aliphatic heterocycles. The smallest absolute Gasteiger partial charge is 0.254 e. The van der Waals surface area contributed by atoms with Gasteiger partial charge in [-0.05, 0) is 43.2 Å². The van der Waals surface area contributed by atoms with E-state index in [2.05, 4.69) is 5.32 Å². The average molecular weight is 474 g/mol. The van der Waals surface area contributed by atoms with Crippen molar-refractivity contribution >= 4 is 21.8 Å². The Kier molecular flexibility index (Phi) is 6.57. The topological polar surface area (TPSA) is 105 Å². The molecule has 2 aromatic carbocycles. The molecule has 0 radical (unpaired) electrons. The third-order valence-electron chi connectivity index (χ3n) is 5.81. The first-order chi connectivity index (χ1) is 15.8. The van der Waals surface area contributed by atoms with Crippen LogP contribution in [0, 0.1) is 0 Å². The molecule has 0 bridgehead atoms. The van der Waals surface area contributed by atoms with Gasteiger partial charge in [0.15, 0.2) is 0 Å². The number of sulfonamides is 1. The normalized spacial score (nSPS) is 16.7. The zero-order valence-electron chi connectivity index (χ0n) is 18.6. The van der Waals surface area contributed by atoms with E-state index in [4.69, 9.17) is 9.47 Å². The van der Waals surface area contributed by atoms with Crippen molar-refractivity contribution in [2.24, 2.45) is 0 Å². The maximum absolute atomic E-state index is 13.4. The van der Waals surface area contributed by atoms with Crippen molar-refractivity contribution in [2.45, 2.75) is 30.3 Å². The summed E-state index contributed by atoms with van der Waals surface area (Å²) < 4.78 is 38.0. The first kappa shape index (κ1) is 23.1. The van der Waals surface area contributed by atoms with Gasteiger partial charge in [-0.2, -0.15) is 4.31 Å². The van der Waals surface area contributed by atoms with Crippen molar-refractivity contribution in [3.63, 3.8) is 0 Å². The third-order valence-corrected chi connectivity index (χ3v) is 7.65. The second-order valence-corrected chi connectivity index (χ2v) is 10.00. The van der Waals surface area contributed by atoms with Gasteiger partial charge in [0.2, 0.25) is 15.9 Å². The molecule has 176 valence electrons. The van der Waals surface area contributed by atoms with Gasteiger partial charge in [-0.25, -0.2) is 8.42 Å². The highest BCUT2D eigenvalue weighted by Gasteiger charge is 2.35. The maximum atomic E-state index is 13.4. The van der Waals surface area contributed by atoms with Crippen LogP contribution in [0.4, 0.5) is 0 Å². The van der Waals surface area contributed by atoms with Crippen LogP contribution >= 0.6 is 0 Å². The lowest BCUT2D eigenvalue weighted by Gasteiger charge is -2.26. The second-order valence-electron chi connectivity index (χ2n) is 8.06. The van der Waals surface area contributed by atoms with Crippen LogP contribution in [0.15, 0.2) is 47.4 Å². The van der Waals surface area contributed by atoms with Crippen LogP contribution in [0.2, 0.25) is 0 Å². The average Bonchev–Trinajstić information content (AvgIpc) is 3.67. The first-order valence-corrected chi connectivity index (χ1v) is 12.2. The Hall–Kier alpha value is -3.11. The van der Waals surface area contributed by atoms with E-state index < -0.39 is 10.0 Å². The van der Waals surface area contributed by atoms with E-state index in [-0.39, 0.29) is 47.9 Å². The summed E-state index contributed by atoms with van der Waals surface area (Å²) in [6.07, 6.45) is 1.79. The molecule has 33 heavy (non-hydrogen) atoms. The van der Waals surface area contributed by atoms with E-state index in [0.717, 1.165) is 22.7 Å². The monoisotopic (exact) mass is 473 g/mol. The lowest BCUT2D eigenvalue weighted by atomic mass is 10.1. The molecule has 1 saturated carbocycles. The van der Waals surface area contributed by atoms with E-state index in [9.17, 15) is 18.0 Å². The molecule has 4 rings (SSSR count). The minimum Gasteiger partial charge on any atom is -0.497 e. The number of piperazine rings is 1. The van der Waals surface area contributed by atoms with Crippen LogP contribution < -0.4 is 14.8 Å². The fourth-order valence-electron chi connectivity index (χ4n) is 3.84. The highest BCUT2D eigenvalue weighted by molar-refractivity contribution is 7.89. The summed E-state index contributed by atoms with van der Waals surface area (Å²) in [6.45, 7) is 0.555. The van der Waals surface area contributed by atoms with Gasteiger partial charge in [0.25, 0.3) is 5.91 Å². The number of benzene rings is 2.